The lowest BCUT2D eigenvalue weighted by molar-refractivity contribution is 0.0698. The van der Waals surface area contributed by atoms with Gasteiger partial charge in [-0.3, -0.25) is 9.67 Å². The van der Waals surface area contributed by atoms with E-state index in [4.69, 9.17) is 22.4 Å². The first kappa shape index (κ1) is 13.4. The Morgan fingerprint density at radius 3 is 2.90 bits per heavy atom. The molecular weight excluding hydrogens is 292 g/mol. The zero-order chi connectivity index (χ0) is 15.0. The molecular formula is C14H11ClN4O2. The lowest BCUT2D eigenvalue weighted by atomic mass is 10.1. The highest BCUT2D eigenvalue weighted by Crippen LogP contribution is 2.19. The number of carboxylic acids is 1. The predicted octanol–water partition coefficient (Wildman–Crippen LogP) is 2.41. The van der Waals surface area contributed by atoms with E-state index in [0.717, 1.165) is 16.5 Å². The summed E-state index contributed by atoms with van der Waals surface area (Å²) in [5.41, 5.74) is 7.36. The molecule has 0 amide bonds. The highest BCUT2D eigenvalue weighted by Gasteiger charge is 2.12. The monoisotopic (exact) mass is 302 g/mol. The fraction of sp³-hybridized carbons (Fsp3) is 0.0714. The van der Waals surface area contributed by atoms with Crippen LogP contribution in [0.3, 0.4) is 0 Å². The van der Waals surface area contributed by atoms with E-state index >= 15 is 0 Å². The lowest BCUT2D eigenvalue weighted by Crippen LogP contribution is -2.01. The van der Waals surface area contributed by atoms with Crippen molar-refractivity contribution in [3.05, 3.63) is 52.8 Å². The average molecular weight is 303 g/mol. The van der Waals surface area contributed by atoms with E-state index in [9.17, 15) is 4.79 Å². The molecule has 0 saturated heterocycles. The molecule has 3 aromatic rings. The van der Waals surface area contributed by atoms with E-state index in [1.165, 1.54) is 10.9 Å². The first-order chi connectivity index (χ1) is 10.0. The number of fused-ring (bicyclic) bond motifs is 1. The molecule has 0 fully saturated rings. The van der Waals surface area contributed by atoms with Crippen LogP contribution in [0.15, 0.2) is 36.7 Å². The predicted molar refractivity (Wildman–Crippen MR) is 79.5 cm³/mol. The first-order valence-electron chi connectivity index (χ1n) is 6.13. The number of rotatable bonds is 3. The summed E-state index contributed by atoms with van der Waals surface area (Å²) in [5, 5.41) is 14.4. The summed E-state index contributed by atoms with van der Waals surface area (Å²) in [6.45, 7) is 0.417. The number of hydrogen-bond donors (Lipinski definition) is 2. The molecule has 0 saturated carbocycles. The van der Waals surface area contributed by atoms with Gasteiger partial charge in [-0.05, 0) is 23.8 Å². The van der Waals surface area contributed by atoms with Crippen molar-refractivity contribution in [3.63, 3.8) is 0 Å². The van der Waals surface area contributed by atoms with Crippen LogP contribution < -0.4 is 5.73 Å². The van der Waals surface area contributed by atoms with Crippen molar-refractivity contribution >= 4 is 34.3 Å². The van der Waals surface area contributed by atoms with Crippen molar-refractivity contribution < 1.29 is 9.90 Å². The van der Waals surface area contributed by atoms with E-state index in [2.05, 4.69) is 10.1 Å². The smallest absolute Gasteiger partial charge is 0.341 e. The highest BCUT2D eigenvalue weighted by molar-refractivity contribution is 6.31. The van der Waals surface area contributed by atoms with Gasteiger partial charge in [0.1, 0.15) is 5.56 Å². The molecule has 3 rings (SSSR count). The summed E-state index contributed by atoms with van der Waals surface area (Å²) in [7, 11) is 0. The second-order valence-corrected chi connectivity index (χ2v) is 5.05. The molecule has 0 aliphatic rings. The molecule has 7 heteroatoms. The standard InChI is InChI=1S/C14H11ClN4O2/c15-10-4-9-3-8(1-2-12(9)17-5-10)6-19-7-11(14(20)21)13(16)18-19/h1-5,7H,6H2,(H2,16,18)(H,20,21). The minimum absolute atomic E-state index is 0.000463. The summed E-state index contributed by atoms with van der Waals surface area (Å²) in [6.07, 6.45) is 3.01. The SMILES string of the molecule is Nc1nn(Cc2ccc3ncc(Cl)cc3c2)cc1C(=O)O. The van der Waals surface area contributed by atoms with Crippen LogP contribution in [-0.4, -0.2) is 25.8 Å². The number of carbonyl (C=O) groups is 1. The Labute approximate surface area is 124 Å². The molecule has 0 aliphatic carbocycles. The quantitative estimate of drug-likeness (QED) is 0.775. The van der Waals surface area contributed by atoms with E-state index in [1.807, 2.05) is 24.3 Å². The number of aromatic nitrogens is 3. The molecule has 0 aliphatic heterocycles. The van der Waals surface area contributed by atoms with Crippen molar-refractivity contribution in [1.29, 1.82) is 0 Å². The van der Waals surface area contributed by atoms with Gasteiger partial charge in [0.25, 0.3) is 0 Å². The molecule has 2 aromatic heterocycles. The average Bonchev–Trinajstić information content (AvgIpc) is 2.79. The number of carboxylic acid groups (broad SMARTS) is 1. The fourth-order valence-electron chi connectivity index (χ4n) is 2.12. The molecule has 0 unspecified atom stereocenters. The lowest BCUT2D eigenvalue weighted by Gasteiger charge is -2.04. The van der Waals surface area contributed by atoms with Gasteiger partial charge in [-0.2, -0.15) is 5.10 Å². The van der Waals surface area contributed by atoms with Crippen LogP contribution in [-0.2, 0) is 6.54 Å². The van der Waals surface area contributed by atoms with Crippen molar-refractivity contribution in [2.24, 2.45) is 0 Å². The minimum atomic E-state index is -1.09. The van der Waals surface area contributed by atoms with Gasteiger partial charge in [0.05, 0.1) is 17.1 Å². The van der Waals surface area contributed by atoms with Crippen LogP contribution in [0.4, 0.5) is 5.82 Å². The number of pyridine rings is 1. The number of hydrogen-bond acceptors (Lipinski definition) is 4. The minimum Gasteiger partial charge on any atom is -0.477 e. The van der Waals surface area contributed by atoms with Crippen molar-refractivity contribution in [3.8, 4) is 0 Å². The summed E-state index contributed by atoms with van der Waals surface area (Å²) >= 11 is 5.93. The Balaban J connectivity index is 1.94. The summed E-state index contributed by atoms with van der Waals surface area (Å²) in [4.78, 5) is 15.2. The Kier molecular flexibility index (Phi) is 3.23. The molecule has 0 bridgehead atoms. The molecule has 21 heavy (non-hydrogen) atoms. The highest BCUT2D eigenvalue weighted by atomic mass is 35.5. The van der Waals surface area contributed by atoms with Gasteiger partial charge in [-0.25, -0.2) is 4.79 Å². The number of benzene rings is 1. The maximum absolute atomic E-state index is 10.9. The molecule has 0 atom stereocenters. The number of halogens is 1. The molecule has 2 heterocycles. The van der Waals surface area contributed by atoms with Gasteiger partial charge in [0.2, 0.25) is 0 Å². The molecule has 3 N–H and O–H groups in total. The maximum atomic E-state index is 10.9. The number of nitrogen functional groups attached to an aromatic ring is 1. The summed E-state index contributed by atoms with van der Waals surface area (Å²) in [6, 6.07) is 7.55. The topological polar surface area (TPSA) is 94.0 Å². The second-order valence-electron chi connectivity index (χ2n) is 4.61. The molecule has 0 spiro atoms. The van der Waals surface area contributed by atoms with E-state index in [0.29, 0.717) is 11.6 Å². The second kappa shape index (κ2) is 5.06. The number of nitrogens with zero attached hydrogens (tertiary/aromatic N) is 3. The molecule has 1 aromatic carbocycles. The molecule has 106 valence electrons. The Morgan fingerprint density at radius 1 is 1.38 bits per heavy atom. The Morgan fingerprint density at radius 2 is 2.19 bits per heavy atom. The zero-order valence-corrected chi connectivity index (χ0v) is 11.6. The van der Waals surface area contributed by atoms with Gasteiger partial charge in [-0.15, -0.1) is 0 Å². The first-order valence-corrected chi connectivity index (χ1v) is 6.51. The van der Waals surface area contributed by atoms with Crippen LogP contribution in [0.25, 0.3) is 10.9 Å². The van der Waals surface area contributed by atoms with Crippen molar-refractivity contribution in [2.75, 3.05) is 5.73 Å². The zero-order valence-electron chi connectivity index (χ0n) is 10.8. The van der Waals surface area contributed by atoms with Crippen molar-refractivity contribution in [2.45, 2.75) is 6.54 Å². The molecule has 6 nitrogen and oxygen atoms in total. The van der Waals surface area contributed by atoms with Crippen LogP contribution in [0.5, 0.6) is 0 Å². The van der Waals surface area contributed by atoms with Gasteiger partial charge in [0, 0.05) is 17.8 Å². The summed E-state index contributed by atoms with van der Waals surface area (Å²) in [5.74, 6) is -1.08. The van der Waals surface area contributed by atoms with Crippen LogP contribution in [0, 0.1) is 0 Å². The third-order valence-corrected chi connectivity index (χ3v) is 3.28. The van der Waals surface area contributed by atoms with Crippen LogP contribution >= 0.6 is 11.6 Å². The van der Waals surface area contributed by atoms with E-state index < -0.39 is 5.97 Å². The largest absolute Gasteiger partial charge is 0.477 e. The fourth-order valence-corrected chi connectivity index (χ4v) is 2.29. The van der Waals surface area contributed by atoms with Crippen LogP contribution in [0.1, 0.15) is 15.9 Å². The maximum Gasteiger partial charge on any atom is 0.341 e. The Bertz CT molecular complexity index is 844. The third kappa shape index (κ3) is 2.66. The van der Waals surface area contributed by atoms with Gasteiger partial charge >= 0.3 is 5.97 Å². The Hall–Kier alpha value is -2.60. The van der Waals surface area contributed by atoms with Crippen molar-refractivity contribution in [1.82, 2.24) is 14.8 Å². The summed E-state index contributed by atoms with van der Waals surface area (Å²) < 4.78 is 1.50. The normalized spacial score (nSPS) is 10.9. The number of nitrogens with two attached hydrogens (primary N) is 1. The third-order valence-electron chi connectivity index (χ3n) is 3.08. The number of anilines is 1. The number of aromatic carboxylic acids is 1. The van der Waals surface area contributed by atoms with Gasteiger partial charge in [-0.1, -0.05) is 17.7 Å². The van der Waals surface area contributed by atoms with Gasteiger partial charge in [0.15, 0.2) is 5.82 Å². The van der Waals surface area contributed by atoms with E-state index in [-0.39, 0.29) is 11.4 Å². The van der Waals surface area contributed by atoms with Gasteiger partial charge < -0.3 is 10.8 Å². The van der Waals surface area contributed by atoms with Crippen LogP contribution in [0.2, 0.25) is 5.02 Å². The molecule has 0 radical (unpaired) electrons. The van der Waals surface area contributed by atoms with E-state index in [1.54, 1.807) is 6.20 Å².